The van der Waals surface area contributed by atoms with E-state index in [1.54, 1.807) is 24.3 Å². The Morgan fingerprint density at radius 3 is 2.24 bits per heavy atom. The summed E-state index contributed by atoms with van der Waals surface area (Å²) >= 11 is 0. The number of nitrogens with one attached hydrogen (secondary N) is 2. The number of aromatic nitrogens is 2. The van der Waals surface area contributed by atoms with Gasteiger partial charge in [0.15, 0.2) is 0 Å². The monoisotopic (exact) mass is 551 g/mol. The van der Waals surface area contributed by atoms with E-state index in [-0.39, 0.29) is 28.7 Å². The Bertz CT molecular complexity index is 1540. The van der Waals surface area contributed by atoms with Gasteiger partial charge in [-0.15, -0.1) is 0 Å². The molecule has 0 bridgehead atoms. The molecule has 1 aliphatic rings. The number of para-hydroxylation sites is 2. The first kappa shape index (κ1) is 27.6. The Morgan fingerprint density at radius 1 is 0.878 bits per heavy atom. The fourth-order valence-corrected chi connectivity index (χ4v) is 4.67. The number of nitrogens with zero attached hydrogens (tertiary/aromatic N) is 4. The Kier molecular flexibility index (Phi) is 8.11. The number of piperazine rings is 1. The molecule has 41 heavy (non-hydrogen) atoms. The topological polar surface area (TPSA) is 126 Å². The molecule has 210 valence electrons. The van der Waals surface area contributed by atoms with Gasteiger partial charge in [-0.3, -0.25) is 9.59 Å². The molecule has 1 saturated heterocycles. The highest BCUT2D eigenvalue weighted by Gasteiger charge is 2.21. The highest BCUT2D eigenvalue weighted by molar-refractivity contribution is 6.06. The van der Waals surface area contributed by atoms with Crippen LogP contribution in [0.25, 0.3) is 0 Å². The number of ether oxygens (including phenoxy) is 1. The molecule has 3 aromatic carbocycles. The average molecular weight is 552 g/mol. The van der Waals surface area contributed by atoms with Crippen molar-refractivity contribution in [2.45, 2.75) is 13.8 Å². The minimum absolute atomic E-state index is 0.0195. The van der Waals surface area contributed by atoms with Gasteiger partial charge in [0.1, 0.15) is 11.3 Å². The number of nitrogens with two attached hydrogens (primary N) is 1. The largest absolute Gasteiger partial charge is 0.437 e. The van der Waals surface area contributed by atoms with E-state index < -0.39 is 11.8 Å². The molecule has 2 heterocycles. The van der Waals surface area contributed by atoms with Crippen LogP contribution in [0.4, 0.5) is 23.0 Å². The van der Waals surface area contributed by atoms with E-state index in [1.807, 2.05) is 44.2 Å². The van der Waals surface area contributed by atoms with E-state index in [0.29, 0.717) is 5.69 Å². The van der Waals surface area contributed by atoms with Gasteiger partial charge in [-0.05, 0) is 68.4 Å². The third kappa shape index (κ3) is 6.44. The molecule has 0 saturated carbocycles. The summed E-state index contributed by atoms with van der Waals surface area (Å²) < 4.78 is 6.04. The molecule has 2 amide bonds. The van der Waals surface area contributed by atoms with Gasteiger partial charge >= 0.3 is 0 Å². The normalized spacial score (nSPS) is 13.5. The Balaban J connectivity index is 1.43. The lowest BCUT2D eigenvalue weighted by atomic mass is 10.1. The molecule has 0 unspecified atom stereocenters. The van der Waals surface area contributed by atoms with Crippen molar-refractivity contribution in [2.24, 2.45) is 5.73 Å². The second kappa shape index (κ2) is 12.1. The molecule has 5 rings (SSSR count). The number of anilines is 4. The standard InChI is InChI=1S/C31H33N7O3/c1-20-7-6-8-21(2)27(20)35-29(40)25-19-33-31(36-30(25)41-26-10-5-4-9-24(26)28(32)39)34-22-11-13-23(14-12-22)38-17-15-37(3)16-18-38/h4-14,19H,15-18H2,1-3H3,(H2,32,39)(H,35,40)(H,33,34,36). The smallest absolute Gasteiger partial charge is 0.262 e. The highest BCUT2D eigenvalue weighted by Crippen LogP contribution is 2.30. The molecule has 10 nitrogen and oxygen atoms in total. The number of carbonyl (C=O) groups excluding carboxylic acids is 2. The number of primary amides is 1. The zero-order valence-electron chi connectivity index (χ0n) is 23.3. The van der Waals surface area contributed by atoms with Crippen LogP contribution < -0.4 is 26.0 Å². The van der Waals surface area contributed by atoms with Gasteiger partial charge in [0.2, 0.25) is 11.8 Å². The Labute approximate surface area is 239 Å². The number of hydrogen-bond acceptors (Lipinski definition) is 8. The number of benzene rings is 3. The molecule has 1 fully saturated rings. The van der Waals surface area contributed by atoms with E-state index in [0.717, 1.165) is 48.7 Å². The van der Waals surface area contributed by atoms with Crippen molar-refractivity contribution < 1.29 is 14.3 Å². The van der Waals surface area contributed by atoms with Crippen LogP contribution in [0, 0.1) is 13.8 Å². The summed E-state index contributed by atoms with van der Waals surface area (Å²) in [4.78, 5) is 39.0. The minimum atomic E-state index is -0.657. The second-order valence-corrected chi connectivity index (χ2v) is 10.1. The van der Waals surface area contributed by atoms with Gasteiger partial charge in [0.25, 0.3) is 11.8 Å². The van der Waals surface area contributed by atoms with Crippen molar-refractivity contribution in [3.63, 3.8) is 0 Å². The van der Waals surface area contributed by atoms with Gasteiger partial charge in [0.05, 0.1) is 5.56 Å². The number of likely N-dealkylation sites (N-methyl/N-ethyl adjacent to an activating group) is 1. The van der Waals surface area contributed by atoms with E-state index in [1.165, 1.54) is 6.20 Å². The number of hydrogen-bond donors (Lipinski definition) is 3. The summed E-state index contributed by atoms with van der Waals surface area (Å²) in [5.41, 5.74) is 10.3. The van der Waals surface area contributed by atoms with E-state index >= 15 is 0 Å². The maximum Gasteiger partial charge on any atom is 0.262 e. The molecule has 1 aromatic heterocycles. The highest BCUT2D eigenvalue weighted by atomic mass is 16.5. The molecule has 0 spiro atoms. The van der Waals surface area contributed by atoms with Gasteiger partial charge < -0.3 is 30.9 Å². The minimum Gasteiger partial charge on any atom is -0.437 e. The number of aryl methyl sites for hydroxylation is 2. The van der Waals surface area contributed by atoms with Crippen molar-refractivity contribution in [2.75, 3.05) is 48.8 Å². The summed E-state index contributed by atoms with van der Waals surface area (Å²) in [6.07, 6.45) is 1.40. The van der Waals surface area contributed by atoms with Crippen LogP contribution in [0.5, 0.6) is 11.6 Å². The molecule has 0 radical (unpaired) electrons. The third-order valence-electron chi connectivity index (χ3n) is 7.07. The number of rotatable bonds is 8. The van der Waals surface area contributed by atoms with Crippen molar-refractivity contribution >= 4 is 34.8 Å². The van der Waals surface area contributed by atoms with E-state index in [2.05, 4.69) is 49.6 Å². The molecule has 0 atom stereocenters. The fourth-order valence-electron chi connectivity index (χ4n) is 4.67. The summed E-state index contributed by atoms with van der Waals surface area (Å²) in [5, 5.41) is 6.14. The lowest BCUT2D eigenvalue weighted by Crippen LogP contribution is -2.44. The molecule has 4 aromatic rings. The molecule has 10 heteroatoms. The van der Waals surface area contributed by atoms with E-state index in [9.17, 15) is 9.59 Å². The van der Waals surface area contributed by atoms with Gasteiger partial charge in [-0.2, -0.15) is 4.98 Å². The van der Waals surface area contributed by atoms with Crippen LogP contribution in [0.2, 0.25) is 0 Å². The Hall–Kier alpha value is -4.96. The fraction of sp³-hybridized carbons (Fsp3) is 0.226. The van der Waals surface area contributed by atoms with Crippen molar-refractivity contribution in [1.82, 2.24) is 14.9 Å². The molecular formula is C31H33N7O3. The van der Waals surface area contributed by atoms with Crippen molar-refractivity contribution in [1.29, 1.82) is 0 Å². The van der Waals surface area contributed by atoms with Crippen LogP contribution in [0.1, 0.15) is 31.8 Å². The lowest BCUT2D eigenvalue weighted by molar-refractivity contribution is 0.0997. The first-order valence-electron chi connectivity index (χ1n) is 13.4. The van der Waals surface area contributed by atoms with Crippen LogP contribution in [-0.2, 0) is 0 Å². The van der Waals surface area contributed by atoms with Crippen LogP contribution in [0.15, 0.2) is 72.9 Å². The third-order valence-corrected chi connectivity index (χ3v) is 7.07. The van der Waals surface area contributed by atoms with Crippen LogP contribution in [-0.4, -0.2) is 59.9 Å². The maximum atomic E-state index is 13.4. The Morgan fingerprint density at radius 2 is 1.56 bits per heavy atom. The predicted octanol–water partition coefficient (Wildman–Crippen LogP) is 4.73. The summed E-state index contributed by atoms with van der Waals surface area (Å²) in [7, 11) is 2.13. The molecular weight excluding hydrogens is 518 g/mol. The average Bonchev–Trinajstić information content (AvgIpc) is 2.96. The number of amides is 2. The molecule has 4 N–H and O–H groups in total. The van der Waals surface area contributed by atoms with E-state index in [4.69, 9.17) is 10.5 Å². The van der Waals surface area contributed by atoms with Crippen molar-refractivity contribution in [3.05, 3.63) is 95.2 Å². The zero-order valence-corrected chi connectivity index (χ0v) is 23.3. The quantitative estimate of drug-likeness (QED) is 0.287. The first-order chi connectivity index (χ1) is 19.8. The van der Waals surface area contributed by atoms with Crippen molar-refractivity contribution in [3.8, 4) is 11.6 Å². The van der Waals surface area contributed by atoms with Crippen LogP contribution in [0.3, 0.4) is 0 Å². The zero-order chi connectivity index (χ0) is 28.9. The summed E-state index contributed by atoms with van der Waals surface area (Å²) in [6.45, 7) is 7.85. The predicted molar refractivity (Wildman–Crippen MR) is 160 cm³/mol. The van der Waals surface area contributed by atoms with Gasteiger partial charge in [-0.1, -0.05) is 30.3 Å². The lowest BCUT2D eigenvalue weighted by Gasteiger charge is -2.34. The summed E-state index contributed by atoms with van der Waals surface area (Å²) in [6, 6.07) is 20.3. The first-order valence-corrected chi connectivity index (χ1v) is 13.4. The van der Waals surface area contributed by atoms with Gasteiger partial charge in [-0.25, -0.2) is 4.98 Å². The summed E-state index contributed by atoms with van der Waals surface area (Å²) in [5.74, 6) is -0.712. The SMILES string of the molecule is Cc1cccc(C)c1NC(=O)c1cnc(Nc2ccc(N3CCN(C)CC3)cc2)nc1Oc1ccccc1C(N)=O. The second-order valence-electron chi connectivity index (χ2n) is 10.1. The maximum absolute atomic E-state index is 13.4. The number of carbonyl (C=O) groups is 2. The molecule has 0 aliphatic carbocycles. The van der Waals surface area contributed by atoms with Gasteiger partial charge in [0, 0.05) is 49.4 Å². The van der Waals surface area contributed by atoms with Crippen LogP contribution >= 0.6 is 0 Å². The molecule has 1 aliphatic heterocycles.